The molecule has 1 saturated heterocycles. The van der Waals surface area contributed by atoms with Crippen molar-refractivity contribution in [3.8, 4) is 5.75 Å². The molecule has 0 saturated carbocycles. The highest BCUT2D eigenvalue weighted by molar-refractivity contribution is 6.00. The normalized spacial score (nSPS) is 15.6. The zero-order chi connectivity index (χ0) is 22.4. The van der Waals surface area contributed by atoms with Crippen LogP contribution in [-0.4, -0.2) is 44.6 Å². The molecule has 0 aliphatic carbocycles. The molecule has 2 aromatic carbocycles. The number of nitrogens with zero attached hydrogens (tertiary/aromatic N) is 1. The van der Waals surface area contributed by atoms with Crippen molar-refractivity contribution in [3.63, 3.8) is 0 Å². The highest BCUT2D eigenvalue weighted by Crippen LogP contribution is 2.34. The monoisotopic (exact) mass is 424 g/mol. The first kappa shape index (κ1) is 22.3. The molecule has 31 heavy (non-hydrogen) atoms. The first-order chi connectivity index (χ1) is 14.9. The Bertz CT molecular complexity index is 972. The number of amides is 2. The lowest BCUT2D eigenvalue weighted by Crippen LogP contribution is -2.32. The Morgan fingerprint density at radius 1 is 1.16 bits per heavy atom. The summed E-state index contributed by atoms with van der Waals surface area (Å²) in [7, 11) is 1.54. The number of carbonyl (C=O) groups excluding carboxylic acids is 3. The summed E-state index contributed by atoms with van der Waals surface area (Å²) < 4.78 is 10.5. The van der Waals surface area contributed by atoms with E-state index in [-0.39, 0.29) is 31.4 Å². The lowest BCUT2D eigenvalue weighted by atomic mass is 10.1. The quantitative estimate of drug-likeness (QED) is 0.659. The highest BCUT2D eigenvalue weighted by Gasteiger charge is 2.37. The number of ether oxygens (including phenoxy) is 2. The maximum Gasteiger partial charge on any atom is 0.311 e. The van der Waals surface area contributed by atoms with Crippen LogP contribution in [0.4, 0.5) is 5.69 Å². The van der Waals surface area contributed by atoms with Gasteiger partial charge in [0.2, 0.25) is 5.91 Å². The van der Waals surface area contributed by atoms with E-state index in [2.05, 4.69) is 5.32 Å². The number of aryl methyl sites for hydroxylation is 2. The largest absolute Gasteiger partial charge is 0.495 e. The van der Waals surface area contributed by atoms with Crippen molar-refractivity contribution in [2.75, 3.05) is 31.7 Å². The van der Waals surface area contributed by atoms with Crippen molar-refractivity contribution in [2.24, 2.45) is 5.92 Å². The molecule has 1 fully saturated rings. The first-order valence-electron chi connectivity index (χ1n) is 10.3. The van der Waals surface area contributed by atoms with Gasteiger partial charge >= 0.3 is 5.97 Å². The second-order valence-electron chi connectivity index (χ2n) is 7.71. The molecule has 3 rings (SSSR count). The molecular weight excluding hydrogens is 396 g/mol. The van der Waals surface area contributed by atoms with Gasteiger partial charge in [-0.3, -0.25) is 14.4 Å². The van der Waals surface area contributed by atoms with Crippen molar-refractivity contribution in [1.82, 2.24) is 5.32 Å². The van der Waals surface area contributed by atoms with Crippen molar-refractivity contribution in [1.29, 1.82) is 0 Å². The van der Waals surface area contributed by atoms with Gasteiger partial charge in [0, 0.05) is 19.5 Å². The van der Waals surface area contributed by atoms with E-state index in [1.165, 1.54) is 12.7 Å². The van der Waals surface area contributed by atoms with Gasteiger partial charge in [-0.05, 0) is 49.1 Å². The third-order valence-corrected chi connectivity index (χ3v) is 5.41. The minimum Gasteiger partial charge on any atom is -0.495 e. The second kappa shape index (κ2) is 10.1. The summed E-state index contributed by atoms with van der Waals surface area (Å²) >= 11 is 0. The molecule has 1 atom stereocenters. The fourth-order valence-corrected chi connectivity index (χ4v) is 3.64. The van der Waals surface area contributed by atoms with Gasteiger partial charge in [-0.25, -0.2) is 0 Å². The number of benzene rings is 2. The molecule has 2 aromatic rings. The molecule has 1 aliphatic rings. The van der Waals surface area contributed by atoms with Crippen LogP contribution >= 0.6 is 0 Å². The molecule has 0 bridgehead atoms. The van der Waals surface area contributed by atoms with E-state index in [0.717, 1.165) is 11.1 Å². The van der Waals surface area contributed by atoms with E-state index in [1.54, 1.807) is 11.0 Å². The Kier molecular flexibility index (Phi) is 7.28. The van der Waals surface area contributed by atoms with Crippen LogP contribution in [0.2, 0.25) is 0 Å². The maximum atomic E-state index is 12.5. The number of hydrogen-bond donors (Lipinski definition) is 1. The standard InChI is InChI=1S/C24H28N2O5/c1-16-8-9-21(30-3)20(12-16)26-14-19(13-23(26)28)24(29)31-15-22(27)25-11-10-18-7-5-4-6-17(18)2/h4-9,12,19H,10-11,13-15H2,1-3H3,(H,25,27)/t19-/m1/s1. The number of rotatable bonds is 8. The molecule has 1 aliphatic heterocycles. The van der Waals surface area contributed by atoms with E-state index in [4.69, 9.17) is 9.47 Å². The molecule has 0 spiro atoms. The average Bonchev–Trinajstić information content (AvgIpc) is 3.15. The van der Waals surface area contributed by atoms with Crippen molar-refractivity contribution < 1.29 is 23.9 Å². The van der Waals surface area contributed by atoms with Gasteiger partial charge < -0.3 is 19.7 Å². The van der Waals surface area contributed by atoms with Crippen LogP contribution < -0.4 is 15.0 Å². The van der Waals surface area contributed by atoms with Crippen molar-refractivity contribution in [2.45, 2.75) is 26.7 Å². The van der Waals surface area contributed by atoms with Crippen LogP contribution in [0.15, 0.2) is 42.5 Å². The smallest absolute Gasteiger partial charge is 0.311 e. The number of hydrogen-bond acceptors (Lipinski definition) is 5. The van der Waals surface area contributed by atoms with Crippen LogP contribution in [0.25, 0.3) is 0 Å². The van der Waals surface area contributed by atoms with Gasteiger partial charge in [-0.1, -0.05) is 30.3 Å². The molecular formula is C24H28N2O5. The van der Waals surface area contributed by atoms with Gasteiger partial charge in [0.15, 0.2) is 6.61 Å². The molecule has 2 amide bonds. The van der Waals surface area contributed by atoms with E-state index in [9.17, 15) is 14.4 Å². The first-order valence-corrected chi connectivity index (χ1v) is 10.3. The molecule has 7 nitrogen and oxygen atoms in total. The van der Waals surface area contributed by atoms with Crippen molar-refractivity contribution in [3.05, 3.63) is 59.2 Å². The van der Waals surface area contributed by atoms with Gasteiger partial charge in [0.1, 0.15) is 5.75 Å². The number of esters is 1. The Hall–Kier alpha value is -3.35. The number of anilines is 1. The minimum absolute atomic E-state index is 0.0465. The van der Waals surface area contributed by atoms with Crippen LogP contribution in [-0.2, 0) is 25.5 Å². The molecule has 7 heteroatoms. The summed E-state index contributed by atoms with van der Waals surface area (Å²) in [4.78, 5) is 38.5. The predicted molar refractivity (Wildman–Crippen MR) is 117 cm³/mol. The van der Waals surface area contributed by atoms with E-state index in [0.29, 0.717) is 24.4 Å². The SMILES string of the molecule is COc1ccc(C)cc1N1C[C@H](C(=O)OCC(=O)NCCc2ccccc2C)CC1=O. The van der Waals surface area contributed by atoms with E-state index in [1.807, 2.05) is 50.2 Å². The maximum absolute atomic E-state index is 12.5. The molecule has 0 unspecified atom stereocenters. The lowest BCUT2D eigenvalue weighted by Gasteiger charge is -2.20. The molecule has 0 aromatic heterocycles. The van der Waals surface area contributed by atoms with E-state index < -0.39 is 11.9 Å². The summed E-state index contributed by atoms with van der Waals surface area (Å²) in [5, 5.41) is 2.76. The van der Waals surface area contributed by atoms with Crippen LogP contribution in [0, 0.1) is 19.8 Å². The highest BCUT2D eigenvalue weighted by atomic mass is 16.5. The predicted octanol–water partition coefficient (Wildman–Crippen LogP) is 2.57. The average molecular weight is 424 g/mol. The summed E-state index contributed by atoms with van der Waals surface area (Å²) in [6.45, 7) is 4.26. The zero-order valence-electron chi connectivity index (χ0n) is 18.1. The third-order valence-electron chi connectivity index (χ3n) is 5.41. The Balaban J connectivity index is 1.48. The summed E-state index contributed by atoms with van der Waals surface area (Å²) in [6, 6.07) is 13.5. The molecule has 0 radical (unpaired) electrons. The van der Waals surface area contributed by atoms with Crippen LogP contribution in [0.1, 0.15) is 23.1 Å². The second-order valence-corrected chi connectivity index (χ2v) is 7.71. The molecule has 164 valence electrons. The molecule has 1 N–H and O–H groups in total. The van der Waals surface area contributed by atoms with Gasteiger partial charge in [-0.2, -0.15) is 0 Å². The van der Waals surface area contributed by atoms with Gasteiger partial charge in [0.25, 0.3) is 5.91 Å². The van der Waals surface area contributed by atoms with Gasteiger partial charge in [0.05, 0.1) is 18.7 Å². The Labute approximate surface area is 182 Å². The zero-order valence-corrected chi connectivity index (χ0v) is 18.1. The Morgan fingerprint density at radius 2 is 1.94 bits per heavy atom. The van der Waals surface area contributed by atoms with Gasteiger partial charge in [-0.15, -0.1) is 0 Å². The fraction of sp³-hybridized carbons (Fsp3) is 0.375. The molecule has 1 heterocycles. The minimum atomic E-state index is -0.613. The summed E-state index contributed by atoms with van der Waals surface area (Å²) in [5.74, 6) is -1.12. The third kappa shape index (κ3) is 5.63. The summed E-state index contributed by atoms with van der Waals surface area (Å²) in [6.07, 6.45) is 0.752. The topological polar surface area (TPSA) is 84.9 Å². The number of carbonyl (C=O) groups is 3. The van der Waals surface area contributed by atoms with Crippen molar-refractivity contribution >= 4 is 23.5 Å². The van der Waals surface area contributed by atoms with Crippen LogP contribution in [0.5, 0.6) is 5.75 Å². The number of nitrogens with one attached hydrogen (secondary N) is 1. The lowest BCUT2D eigenvalue weighted by molar-refractivity contribution is -0.152. The summed E-state index contributed by atoms with van der Waals surface area (Å²) in [5.41, 5.74) is 3.95. The number of methoxy groups -OCH3 is 1. The Morgan fingerprint density at radius 3 is 2.68 bits per heavy atom. The van der Waals surface area contributed by atoms with Crippen LogP contribution in [0.3, 0.4) is 0 Å². The fourth-order valence-electron chi connectivity index (χ4n) is 3.64. The van der Waals surface area contributed by atoms with E-state index >= 15 is 0 Å².